The number of hydrogen-bond acceptors (Lipinski definition) is 4. The zero-order valence-corrected chi connectivity index (χ0v) is 11.9. The van der Waals surface area contributed by atoms with Crippen LogP contribution in [0.2, 0.25) is 0 Å². The van der Waals surface area contributed by atoms with Gasteiger partial charge in [0, 0.05) is 17.1 Å². The molecule has 5 heteroatoms. The lowest BCUT2D eigenvalue weighted by Gasteiger charge is -2.14. The van der Waals surface area contributed by atoms with Crippen LogP contribution in [0.4, 0.5) is 0 Å². The van der Waals surface area contributed by atoms with Crippen LogP contribution in [0.3, 0.4) is 0 Å². The standard InChI is InChI=1S/C15H13NO3S/c1-4-10-6-11-7-12(19-15(20-3)14(17)18)5-9(2)13(11)16-8-10/h1,5-8,15H,2-3H3,(H,17,18). The second kappa shape index (κ2) is 5.85. The zero-order chi connectivity index (χ0) is 14.7. The molecule has 1 aromatic carbocycles. The Morgan fingerprint density at radius 2 is 2.25 bits per heavy atom. The van der Waals surface area contributed by atoms with Gasteiger partial charge in [-0.3, -0.25) is 4.98 Å². The molecule has 2 rings (SSSR count). The minimum Gasteiger partial charge on any atom is -0.478 e. The minimum atomic E-state index is -1.01. The summed E-state index contributed by atoms with van der Waals surface area (Å²) in [6.07, 6.45) is 8.68. The number of terminal acetylenes is 1. The number of carbonyl (C=O) groups is 1. The average Bonchev–Trinajstić information content (AvgIpc) is 2.43. The third kappa shape index (κ3) is 2.86. The first-order valence-electron chi connectivity index (χ1n) is 5.84. The molecule has 102 valence electrons. The van der Waals surface area contributed by atoms with Crippen molar-refractivity contribution < 1.29 is 14.6 Å². The summed E-state index contributed by atoms with van der Waals surface area (Å²) in [4.78, 5) is 15.3. The molecule has 1 N–H and O–H groups in total. The average molecular weight is 287 g/mol. The van der Waals surface area contributed by atoms with Gasteiger partial charge >= 0.3 is 5.97 Å². The van der Waals surface area contributed by atoms with Crippen molar-refractivity contribution in [2.45, 2.75) is 12.4 Å². The van der Waals surface area contributed by atoms with Crippen LogP contribution in [-0.2, 0) is 4.79 Å². The topological polar surface area (TPSA) is 59.4 Å². The van der Waals surface area contributed by atoms with E-state index in [2.05, 4.69) is 10.9 Å². The maximum absolute atomic E-state index is 11.0. The fourth-order valence-corrected chi connectivity index (χ4v) is 2.28. The summed E-state index contributed by atoms with van der Waals surface area (Å²) >= 11 is 1.12. The molecule has 1 atom stereocenters. The number of thioether (sulfide) groups is 1. The molecule has 0 saturated heterocycles. The van der Waals surface area contributed by atoms with Crippen molar-refractivity contribution in [1.29, 1.82) is 0 Å². The number of carboxylic acids is 1. The molecule has 1 heterocycles. The molecule has 0 radical (unpaired) electrons. The van der Waals surface area contributed by atoms with Crippen molar-refractivity contribution >= 4 is 28.6 Å². The third-order valence-corrected chi connectivity index (χ3v) is 3.50. The first-order valence-corrected chi connectivity index (χ1v) is 7.13. The van der Waals surface area contributed by atoms with Crippen LogP contribution in [0.1, 0.15) is 11.1 Å². The van der Waals surface area contributed by atoms with E-state index in [4.69, 9.17) is 16.3 Å². The predicted molar refractivity (Wildman–Crippen MR) is 80.0 cm³/mol. The number of pyridine rings is 1. The Morgan fingerprint density at radius 1 is 1.50 bits per heavy atom. The van der Waals surface area contributed by atoms with Crippen LogP contribution in [0.25, 0.3) is 10.9 Å². The molecule has 0 aliphatic rings. The Balaban J connectivity index is 2.45. The Hall–Kier alpha value is -2.19. The van der Waals surface area contributed by atoms with Gasteiger partial charge in [0.15, 0.2) is 0 Å². The summed E-state index contributed by atoms with van der Waals surface area (Å²) < 4.78 is 5.47. The molecule has 2 aromatic rings. The summed E-state index contributed by atoms with van der Waals surface area (Å²) in [6.45, 7) is 1.90. The van der Waals surface area contributed by atoms with Gasteiger partial charge in [-0.1, -0.05) is 5.92 Å². The summed E-state index contributed by atoms with van der Waals surface area (Å²) in [7, 11) is 0. The maximum Gasteiger partial charge on any atom is 0.355 e. The molecule has 0 spiro atoms. The molecule has 1 unspecified atom stereocenters. The van der Waals surface area contributed by atoms with Crippen LogP contribution in [-0.4, -0.2) is 27.8 Å². The molecule has 1 aromatic heterocycles. The van der Waals surface area contributed by atoms with Gasteiger partial charge in [0.25, 0.3) is 0 Å². The van der Waals surface area contributed by atoms with E-state index in [0.29, 0.717) is 11.3 Å². The van der Waals surface area contributed by atoms with Gasteiger partial charge in [-0.05, 0) is 36.9 Å². The van der Waals surface area contributed by atoms with E-state index in [1.165, 1.54) is 0 Å². The number of nitrogens with zero attached hydrogens (tertiary/aromatic N) is 1. The fraction of sp³-hybridized carbons (Fsp3) is 0.200. The van der Waals surface area contributed by atoms with Gasteiger partial charge in [-0.25, -0.2) is 4.79 Å². The SMILES string of the molecule is C#Cc1cnc2c(C)cc(OC(SC)C(=O)O)cc2c1. The zero-order valence-electron chi connectivity index (χ0n) is 11.1. The molecule has 0 aliphatic heterocycles. The van der Waals surface area contributed by atoms with Crippen molar-refractivity contribution in [2.75, 3.05) is 6.26 Å². The third-order valence-electron chi connectivity index (χ3n) is 2.77. The van der Waals surface area contributed by atoms with Gasteiger partial charge in [0.1, 0.15) is 5.75 Å². The maximum atomic E-state index is 11.0. The Kier molecular flexibility index (Phi) is 4.16. The summed E-state index contributed by atoms with van der Waals surface area (Å²) in [5, 5.41) is 9.85. The lowest BCUT2D eigenvalue weighted by molar-refractivity contribution is -0.140. The smallest absolute Gasteiger partial charge is 0.355 e. The summed E-state index contributed by atoms with van der Waals surface area (Å²) in [5.74, 6) is 2.01. The lowest BCUT2D eigenvalue weighted by atomic mass is 10.1. The number of fused-ring (bicyclic) bond motifs is 1. The molecule has 0 aliphatic carbocycles. The van der Waals surface area contributed by atoms with Crippen molar-refractivity contribution in [2.24, 2.45) is 0 Å². The Morgan fingerprint density at radius 3 is 2.85 bits per heavy atom. The number of hydrogen-bond donors (Lipinski definition) is 1. The van der Waals surface area contributed by atoms with Crippen LogP contribution < -0.4 is 4.74 Å². The predicted octanol–water partition coefficient (Wildman–Crippen LogP) is 2.68. The number of ether oxygens (including phenoxy) is 1. The van der Waals surface area contributed by atoms with Crippen molar-refractivity contribution in [3.8, 4) is 18.1 Å². The van der Waals surface area contributed by atoms with Gasteiger partial charge in [-0.2, -0.15) is 0 Å². The van der Waals surface area contributed by atoms with E-state index >= 15 is 0 Å². The van der Waals surface area contributed by atoms with Crippen LogP contribution >= 0.6 is 11.8 Å². The van der Waals surface area contributed by atoms with Crippen LogP contribution in [0.15, 0.2) is 24.4 Å². The Bertz CT molecular complexity index is 706. The largest absolute Gasteiger partial charge is 0.478 e. The van der Waals surface area contributed by atoms with Crippen LogP contribution in [0.5, 0.6) is 5.75 Å². The number of benzene rings is 1. The molecule has 0 fully saturated rings. The van der Waals surface area contributed by atoms with Gasteiger partial charge in [0.05, 0.1) is 5.52 Å². The van der Waals surface area contributed by atoms with E-state index in [0.717, 1.165) is 28.2 Å². The molecular weight excluding hydrogens is 274 g/mol. The highest BCUT2D eigenvalue weighted by Crippen LogP contribution is 2.26. The second-order valence-corrected chi connectivity index (χ2v) is 5.10. The van der Waals surface area contributed by atoms with Gasteiger partial charge in [-0.15, -0.1) is 18.2 Å². The van der Waals surface area contributed by atoms with Gasteiger partial charge < -0.3 is 9.84 Å². The van der Waals surface area contributed by atoms with Crippen molar-refractivity contribution in [3.05, 3.63) is 35.5 Å². The molecule has 20 heavy (non-hydrogen) atoms. The monoisotopic (exact) mass is 287 g/mol. The fourth-order valence-electron chi connectivity index (χ4n) is 1.87. The van der Waals surface area contributed by atoms with E-state index in [-0.39, 0.29) is 0 Å². The highest BCUT2D eigenvalue weighted by Gasteiger charge is 2.18. The minimum absolute atomic E-state index is 0.493. The number of rotatable bonds is 4. The second-order valence-electron chi connectivity index (χ2n) is 4.20. The van der Waals surface area contributed by atoms with E-state index < -0.39 is 11.4 Å². The highest BCUT2D eigenvalue weighted by molar-refractivity contribution is 7.99. The van der Waals surface area contributed by atoms with Crippen LogP contribution in [0, 0.1) is 19.3 Å². The first kappa shape index (κ1) is 14.2. The molecule has 0 amide bonds. The first-order chi connectivity index (χ1) is 9.55. The summed E-state index contributed by atoms with van der Waals surface area (Å²) in [5.41, 5.74) is 1.48. The quantitative estimate of drug-likeness (QED) is 0.692. The van der Waals surface area contributed by atoms with Crippen molar-refractivity contribution in [1.82, 2.24) is 4.98 Å². The Labute approximate surface area is 121 Å². The number of aryl methyl sites for hydroxylation is 1. The van der Waals surface area contributed by atoms with Gasteiger partial charge in [0.2, 0.25) is 5.44 Å². The van der Waals surface area contributed by atoms with Crippen molar-refractivity contribution in [3.63, 3.8) is 0 Å². The molecule has 4 nitrogen and oxygen atoms in total. The molecule has 0 saturated carbocycles. The highest BCUT2D eigenvalue weighted by atomic mass is 32.2. The number of carboxylic acid groups (broad SMARTS) is 1. The number of aliphatic carboxylic acids is 1. The van der Waals surface area contributed by atoms with E-state index in [1.54, 1.807) is 24.6 Å². The van der Waals surface area contributed by atoms with E-state index in [1.807, 2.05) is 13.0 Å². The molecular formula is C15H13NO3S. The lowest BCUT2D eigenvalue weighted by Crippen LogP contribution is -2.22. The number of aromatic nitrogens is 1. The summed E-state index contributed by atoms with van der Waals surface area (Å²) in [6, 6.07) is 5.36. The van der Waals surface area contributed by atoms with E-state index in [9.17, 15) is 4.79 Å². The normalized spacial score (nSPS) is 11.8. The molecule has 0 bridgehead atoms.